The Morgan fingerprint density at radius 1 is 1.39 bits per heavy atom. The lowest BCUT2D eigenvalue weighted by Gasteiger charge is -2.11. The fraction of sp³-hybridized carbons (Fsp3) is 0.364. The Morgan fingerprint density at radius 2 is 1.94 bits per heavy atom. The summed E-state index contributed by atoms with van der Waals surface area (Å²) in [6.45, 7) is 4.59. The highest BCUT2D eigenvalue weighted by atomic mass is 32.2. The number of ether oxygens (including phenoxy) is 1. The maximum Gasteiger partial charge on any atom is 0.341 e. The molecule has 0 saturated carbocycles. The van der Waals surface area contributed by atoms with Gasteiger partial charge >= 0.3 is 5.97 Å². The van der Waals surface area contributed by atoms with Crippen LogP contribution >= 0.6 is 0 Å². The molecule has 5 nitrogen and oxygen atoms in total. The molecule has 0 spiro atoms. The second kappa shape index (κ2) is 5.03. The summed E-state index contributed by atoms with van der Waals surface area (Å²) in [5.74, 6) is -1.77. The number of benzene rings is 1. The number of hydrogen-bond acceptors (Lipinski definition) is 4. The van der Waals surface area contributed by atoms with Gasteiger partial charge in [0.05, 0.1) is 16.6 Å². The number of nitrogens with two attached hydrogens (primary N) is 1. The topological polar surface area (TPSA) is 86.5 Å². The van der Waals surface area contributed by atoms with E-state index in [-0.39, 0.29) is 10.5 Å². The fourth-order valence-corrected chi connectivity index (χ4v) is 2.18. The molecular formula is C11H14FNO4S. The smallest absolute Gasteiger partial charge is 0.341 e. The maximum atomic E-state index is 13.6. The molecule has 0 unspecified atom stereocenters. The van der Waals surface area contributed by atoms with Crippen LogP contribution in [0.25, 0.3) is 0 Å². The highest BCUT2D eigenvalue weighted by Crippen LogP contribution is 2.20. The second-order valence-corrected chi connectivity index (χ2v) is 5.63. The Bertz CT molecular complexity index is 581. The predicted molar refractivity (Wildman–Crippen MR) is 63.1 cm³/mol. The van der Waals surface area contributed by atoms with Gasteiger partial charge < -0.3 is 4.74 Å². The Kier molecular flexibility index (Phi) is 4.08. The molecule has 0 aliphatic heterocycles. The molecule has 0 aliphatic carbocycles. The zero-order chi connectivity index (χ0) is 14.1. The number of hydrogen-bond donors (Lipinski definition) is 1. The van der Waals surface area contributed by atoms with E-state index in [2.05, 4.69) is 0 Å². The number of sulfonamides is 1. The SMILES string of the molecule is Cc1cc(F)c(C(=O)OC(C)C)cc1S(N)(=O)=O. The van der Waals surface area contributed by atoms with E-state index >= 15 is 0 Å². The second-order valence-electron chi connectivity index (χ2n) is 4.10. The van der Waals surface area contributed by atoms with E-state index in [4.69, 9.17) is 9.88 Å². The summed E-state index contributed by atoms with van der Waals surface area (Å²) in [7, 11) is -4.01. The van der Waals surface area contributed by atoms with E-state index in [1.807, 2.05) is 0 Å². The van der Waals surface area contributed by atoms with Gasteiger partial charge in [0.15, 0.2) is 0 Å². The summed E-state index contributed by atoms with van der Waals surface area (Å²) in [5.41, 5.74) is -0.311. The Hall–Kier alpha value is -1.47. The molecule has 1 rings (SSSR count). The lowest BCUT2D eigenvalue weighted by atomic mass is 10.1. The van der Waals surface area contributed by atoms with Crippen molar-refractivity contribution >= 4 is 16.0 Å². The molecule has 2 N–H and O–H groups in total. The number of carbonyl (C=O) groups excluding carboxylic acids is 1. The number of primary sulfonamides is 1. The number of halogens is 1. The summed E-state index contributed by atoms with van der Waals surface area (Å²) in [4.78, 5) is 11.3. The van der Waals surface area contributed by atoms with E-state index in [1.54, 1.807) is 13.8 Å². The zero-order valence-corrected chi connectivity index (χ0v) is 11.0. The molecular weight excluding hydrogens is 261 g/mol. The van der Waals surface area contributed by atoms with Crippen molar-refractivity contribution < 1.29 is 22.3 Å². The van der Waals surface area contributed by atoms with Crippen molar-refractivity contribution in [1.29, 1.82) is 0 Å². The molecule has 0 heterocycles. The van der Waals surface area contributed by atoms with Crippen LogP contribution in [0.1, 0.15) is 29.8 Å². The van der Waals surface area contributed by atoms with Crippen molar-refractivity contribution in [3.05, 3.63) is 29.1 Å². The third kappa shape index (κ3) is 3.27. The molecule has 0 saturated heterocycles. The van der Waals surface area contributed by atoms with Crippen LogP contribution in [-0.4, -0.2) is 20.5 Å². The predicted octanol–water partition coefficient (Wildman–Crippen LogP) is 1.35. The average molecular weight is 275 g/mol. The number of esters is 1. The molecule has 0 fully saturated rings. The molecule has 0 aromatic heterocycles. The Morgan fingerprint density at radius 3 is 2.39 bits per heavy atom. The Balaban J connectivity index is 3.34. The number of rotatable bonds is 3. The summed E-state index contributed by atoms with van der Waals surface area (Å²) in [6, 6.07) is 1.83. The third-order valence-electron chi connectivity index (χ3n) is 2.13. The molecule has 7 heteroatoms. The maximum absolute atomic E-state index is 13.6. The average Bonchev–Trinajstić information content (AvgIpc) is 2.13. The van der Waals surface area contributed by atoms with Crippen LogP contribution < -0.4 is 5.14 Å². The molecule has 18 heavy (non-hydrogen) atoms. The van der Waals surface area contributed by atoms with E-state index in [0.29, 0.717) is 0 Å². The van der Waals surface area contributed by atoms with E-state index < -0.39 is 33.5 Å². The van der Waals surface area contributed by atoms with Crippen molar-refractivity contribution in [2.75, 3.05) is 0 Å². The van der Waals surface area contributed by atoms with Crippen LogP contribution in [0.5, 0.6) is 0 Å². The highest BCUT2D eigenvalue weighted by Gasteiger charge is 2.21. The molecule has 0 radical (unpaired) electrons. The van der Waals surface area contributed by atoms with Crippen LogP contribution in [0.15, 0.2) is 17.0 Å². The van der Waals surface area contributed by atoms with Crippen LogP contribution in [0, 0.1) is 12.7 Å². The van der Waals surface area contributed by atoms with Crippen molar-refractivity contribution in [2.45, 2.75) is 31.8 Å². The first-order valence-electron chi connectivity index (χ1n) is 5.17. The summed E-state index contributed by atoms with van der Waals surface area (Å²) in [6.07, 6.45) is -0.434. The van der Waals surface area contributed by atoms with Gasteiger partial charge in [-0.2, -0.15) is 0 Å². The van der Waals surface area contributed by atoms with Gasteiger partial charge in [-0.3, -0.25) is 0 Å². The van der Waals surface area contributed by atoms with Crippen molar-refractivity contribution in [3.8, 4) is 0 Å². The lowest BCUT2D eigenvalue weighted by Crippen LogP contribution is -2.18. The van der Waals surface area contributed by atoms with Gasteiger partial charge in [-0.05, 0) is 38.5 Å². The van der Waals surface area contributed by atoms with Gasteiger partial charge in [-0.1, -0.05) is 0 Å². The van der Waals surface area contributed by atoms with Crippen molar-refractivity contribution in [3.63, 3.8) is 0 Å². The third-order valence-corrected chi connectivity index (χ3v) is 3.19. The standard InChI is InChI=1S/C11H14FNO4S/c1-6(2)17-11(14)8-5-10(18(13,15)16)7(3)4-9(8)12/h4-6H,1-3H3,(H2,13,15,16). The van der Waals surface area contributed by atoms with Crippen molar-refractivity contribution in [1.82, 2.24) is 0 Å². The minimum Gasteiger partial charge on any atom is -0.459 e. The largest absolute Gasteiger partial charge is 0.459 e. The van der Waals surface area contributed by atoms with E-state index in [1.165, 1.54) is 6.92 Å². The number of carbonyl (C=O) groups is 1. The molecule has 0 amide bonds. The van der Waals surface area contributed by atoms with Crippen molar-refractivity contribution in [2.24, 2.45) is 5.14 Å². The number of aryl methyl sites for hydroxylation is 1. The van der Waals surface area contributed by atoms with Crippen LogP contribution in [0.2, 0.25) is 0 Å². The molecule has 0 atom stereocenters. The normalized spacial score (nSPS) is 11.7. The minimum absolute atomic E-state index is 0.135. The summed E-state index contributed by atoms with van der Waals surface area (Å²) >= 11 is 0. The first-order chi connectivity index (χ1) is 8.12. The molecule has 0 bridgehead atoms. The van der Waals surface area contributed by atoms with E-state index in [9.17, 15) is 17.6 Å². The van der Waals surface area contributed by atoms with Gasteiger partial charge in [0.25, 0.3) is 0 Å². The Labute approximate surface area is 105 Å². The molecule has 1 aromatic rings. The molecule has 100 valence electrons. The molecule has 0 aliphatic rings. The summed E-state index contributed by atoms with van der Waals surface area (Å²) in [5, 5.41) is 4.98. The van der Waals surface area contributed by atoms with Gasteiger partial charge in [0.1, 0.15) is 5.82 Å². The fourth-order valence-electron chi connectivity index (χ4n) is 1.39. The van der Waals surface area contributed by atoms with Gasteiger partial charge in [0, 0.05) is 0 Å². The monoisotopic (exact) mass is 275 g/mol. The van der Waals surface area contributed by atoms with E-state index in [0.717, 1.165) is 12.1 Å². The minimum atomic E-state index is -4.01. The molecule has 1 aromatic carbocycles. The van der Waals surface area contributed by atoms with Crippen LogP contribution in [-0.2, 0) is 14.8 Å². The van der Waals surface area contributed by atoms with Gasteiger partial charge in [-0.15, -0.1) is 0 Å². The van der Waals surface area contributed by atoms with Gasteiger partial charge in [-0.25, -0.2) is 22.7 Å². The van der Waals surface area contributed by atoms with Gasteiger partial charge in [0.2, 0.25) is 10.0 Å². The first-order valence-corrected chi connectivity index (χ1v) is 6.71. The first kappa shape index (κ1) is 14.6. The lowest BCUT2D eigenvalue weighted by molar-refractivity contribution is 0.0372. The zero-order valence-electron chi connectivity index (χ0n) is 10.2. The van der Waals surface area contributed by atoms with Crippen LogP contribution in [0.3, 0.4) is 0 Å². The van der Waals surface area contributed by atoms with Crippen LogP contribution in [0.4, 0.5) is 4.39 Å². The summed E-state index contributed by atoms with van der Waals surface area (Å²) < 4.78 is 40.9. The highest BCUT2D eigenvalue weighted by molar-refractivity contribution is 7.89. The quantitative estimate of drug-likeness (QED) is 0.843.